The third kappa shape index (κ3) is 4.27. The lowest BCUT2D eigenvalue weighted by Gasteiger charge is -2.11. The summed E-state index contributed by atoms with van der Waals surface area (Å²) in [4.78, 5) is 19.9. The third-order valence-electron chi connectivity index (χ3n) is 4.81. The lowest BCUT2D eigenvalue weighted by atomic mass is 10.1. The van der Waals surface area contributed by atoms with Crippen molar-refractivity contribution in [3.63, 3.8) is 0 Å². The SMILES string of the molecule is CCNC(=O)Oc1c(N)nc(-n2nc(Cc3c(F)ccc(F)c3F)c3cc(Cl)ccc32)nc1N. The summed E-state index contributed by atoms with van der Waals surface area (Å²) in [6, 6.07) is 6.21. The molecule has 4 aromatic rings. The van der Waals surface area contributed by atoms with E-state index in [0.29, 0.717) is 28.5 Å². The highest BCUT2D eigenvalue weighted by Crippen LogP contribution is 2.31. The molecule has 0 aliphatic rings. The van der Waals surface area contributed by atoms with E-state index in [1.54, 1.807) is 19.1 Å². The first-order chi connectivity index (χ1) is 16.2. The van der Waals surface area contributed by atoms with Crippen LogP contribution in [0.2, 0.25) is 5.02 Å². The fourth-order valence-electron chi connectivity index (χ4n) is 3.28. The minimum absolute atomic E-state index is 0.1000. The molecule has 0 unspecified atom stereocenters. The van der Waals surface area contributed by atoms with Crippen LogP contribution in [0.3, 0.4) is 0 Å². The van der Waals surface area contributed by atoms with E-state index in [4.69, 9.17) is 27.8 Å². The van der Waals surface area contributed by atoms with Gasteiger partial charge in [0.05, 0.1) is 11.2 Å². The Labute approximate surface area is 195 Å². The van der Waals surface area contributed by atoms with E-state index in [1.807, 2.05) is 0 Å². The lowest BCUT2D eigenvalue weighted by Crippen LogP contribution is -2.27. The van der Waals surface area contributed by atoms with Gasteiger partial charge in [0.2, 0.25) is 5.75 Å². The summed E-state index contributed by atoms with van der Waals surface area (Å²) in [6.45, 7) is 2.01. The van der Waals surface area contributed by atoms with Crippen molar-refractivity contribution >= 4 is 40.2 Å². The van der Waals surface area contributed by atoms with Gasteiger partial charge in [-0.2, -0.15) is 19.7 Å². The molecule has 4 rings (SSSR count). The minimum Gasteiger partial charge on any atom is -0.402 e. The number of carbonyl (C=O) groups is 1. The molecular weight excluding hydrogens is 475 g/mol. The quantitative estimate of drug-likeness (QED) is 0.362. The van der Waals surface area contributed by atoms with E-state index >= 15 is 0 Å². The van der Waals surface area contributed by atoms with Crippen molar-refractivity contribution in [2.45, 2.75) is 13.3 Å². The molecule has 1 amide bonds. The number of anilines is 2. The smallest absolute Gasteiger partial charge is 0.402 e. The first-order valence-electron chi connectivity index (χ1n) is 9.88. The number of benzene rings is 2. The number of hydrogen-bond donors (Lipinski definition) is 3. The van der Waals surface area contributed by atoms with Crippen LogP contribution < -0.4 is 21.5 Å². The van der Waals surface area contributed by atoms with E-state index < -0.39 is 29.1 Å². The molecule has 0 saturated carbocycles. The van der Waals surface area contributed by atoms with Crippen LogP contribution in [0.4, 0.5) is 29.6 Å². The van der Waals surface area contributed by atoms with E-state index in [1.165, 1.54) is 10.7 Å². The van der Waals surface area contributed by atoms with Gasteiger partial charge in [-0.3, -0.25) is 0 Å². The van der Waals surface area contributed by atoms with Gasteiger partial charge >= 0.3 is 6.09 Å². The molecule has 2 heterocycles. The number of aromatic nitrogens is 4. The Morgan fingerprint density at radius 1 is 1.12 bits per heavy atom. The molecule has 176 valence electrons. The molecule has 2 aromatic heterocycles. The van der Waals surface area contributed by atoms with Gasteiger partial charge in [0, 0.05) is 28.9 Å². The van der Waals surface area contributed by atoms with Crippen molar-refractivity contribution in [2.75, 3.05) is 18.0 Å². The minimum atomic E-state index is -1.32. The van der Waals surface area contributed by atoms with Gasteiger partial charge < -0.3 is 21.5 Å². The zero-order chi connectivity index (χ0) is 24.6. The number of nitrogens with zero attached hydrogens (tertiary/aromatic N) is 4. The molecule has 0 atom stereocenters. The number of amides is 1. The molecule has 13 heteroatoms. The Bertz CT molecular complexity index is 1400. The lowest BCUT2D eigenvalue weighted by molar-refractivity contribution is 0.201. The number of nitrogen functional groups attached to an aromatic ring is 2. The summed E-state index contributed by atoms with van der Waals surface area (Å²) in [7, 11) is 0. The summed E-state index contributed by atoms with van der Waals surface area (Å²) < 4.78 is 48.5. The molecule has 0 bridgehead atoms. The highest BCUT2D eigenvalue weighted by atomic mass is 35.5. The fourth-order valence-corrected chi connectivity index (χ4v) is 3.45. The van der Waals surface area contributed by atoms with E-state index in [-0.39, 0.29) is 35.4 Å². The van der Waals surface area contributed by atoms with Gasteiger partial charge in [0.1, 0.15) is 5.82 Å². The number of rotatable bonds is 5. The third-order valence-corrected chi connectivity index (χ3v) is 5.05. The van der Waals surface area contributed by atoms with Crippen LogP contribution in [0.5, 0.6) is 5.75 Å². The second-order valence-electron chi connectivity index (χ2n) is 7.06. The summed E-state index contributed by atoms with van der Waals surface area (Å²) in [5.41, 5.74) is 11.9. The van der Waals surface area contributed by atoms with Crippen LogP contribution >= 0.6 is 11.6 Å². The van der Waals surface area contributed by atoms with Crippen LogP contribution in [0.15, 0.2) is 30.3 Å². The van der Waals surface area contributed by atoms with Gasteiger partial charge in [-0.1, -0.05) is 11.6 Å². The maximum Gasteiger partial charge on any atom is 0.412 e. The van der Waals surface area contributed by atoms with Crippen molar-refractivity contribution in [1.82, 2.24) is 25.1 Å². The molecule has 9 nitrogen and oxygen atoms in total. The first-order valence-corrected chi connectivity index (χ1v) is 10.3. The Morgan fingerprint density at radius 2 is 1.79 bits per heavy atom. The number of carbonyl (C=O) groups excluding carboxylic acids is 1. The Morgan fingerprint density at radius 3 is 2.47 bits per heavy atom. The van der Waals surface area contributed by atoms with Crippen molar-refractivity contribution in [3.05, 3.63) is 64.1 Å². The average molecular weight is 492 g/mol. The molecule has 34 heavy (non-hydrogen) atoms. The number of nitrogens with one attached hydrogen (secondary N) is 1. The van der Waals surface area contributed by atoms with Crippen LogP contribution in [-0.2, 0) is 6.42 Å². The standard InChI is InChI=1S/C21H17ClF3N7O2/c1-2-28-21(33)34-17-18(26)29-20(30-19(17)27)32-15-6-3-9(22)7-11(15)14(31-32)8-10-12(23)4-5-13(24)16(10)25/h3-7H,2,8H2,1H3,(H,28,33)(H4,26,27,29,30). The van der Waals surface area contributed by atoms with Crippen molar-refractivity contribution in [2.24, 2.45) is 0 Å². The first kappa shape index (κ1) is 23.1. The number of ether oxygens (including phenoxy) is 1. The molecule has 0 aliphatic carbocycles. The predicted octanol–water partition coefficient (Wildman–Crippen LogP) is 3.75. The number of nitrogens with two attached hydrogens (primary N) is 2. The zero-order valence-corrected chi connectivity index (χ0v) is 18.3. The predicted molar refractivity (Wildman–Crippen MR) is 119 cm³/mol. The molecule has 0 saturated heterocycles. The molecule has 2 aromatic carbocycles. The van der Waals surface area contributed by atoms with Crippen LogP contribution in [0, 0.1) is 17.5 Å². The van der Waals surface area contributed by atoms with Gasteiger partial charge in [0.15, 0.2) is 23.3 Å². The molecule has 0 fully saturated rings. The van der Waals surface area contributed by atoms with E-state index in [9.17, 15) is 18.0 Å². The number of fused-ring (bicyclic) bond motifs is 1. The van der Waals surface area contributed by atoms with Crippen LogP contribution in [-0.4, -0.2) is 32.4 Å². The molecule has 5 N–H and O–H groups in total. The number of hydrogen-bond acceptors (Lipinski definition) is 7. The summed E-state index contributed by atoms with van der Waals surface area (Å²) in [5.74, 6) is -4.26. The maximum atomic E-state index is 14.3. The van der Waals surface area contributed by atoms with Gasteiger partial charge in [-0.25, -0.2) is 18.0 Å². The molecule has 0 spiro atoms. The van der Waals surface area contributed by atoms with E-state index in [2.05, 4.69) is 20.4 Å². The highest BCUT2D eigenvalue weighted by molar-refractivity contribution is 6.31. The monoisotopic (exact) mass is 491 g/mol. The second kappa shape index (κ2) is 9.06. The van der Waals surface area contributed by atoms with Crippen molar-refractivity contribution in [1.29, 1.82) is 0 Å². The maximum absolute atomic E-state index is 14.3. The molecule has 0 aliphatic heterocycles. The summed E-state index contributed by atoms with van der Waals surface area (Å²) >= 11 is 6.11. The normalized spacial score (nSPS) is 11.1. The Kier molecular flexibility index (Phi) is 6.16. The topological polar surface area (TPSA) is 134 Å². The van der Waals surface area contributed by atoms with Gasteiger partial charge in [-0.15, -0.1) is 0 Å². The highest BCUT2D eigenvalue weighted by Gasteiger charge is 2.22. The zero-order valence-electron chi connectivity index (χ0n) is 17.6. The van der Waals surface area contributed by atoms with Gasteiger partial charge in [0.25, 0.3) is 5.95 Å². The Balaban J connectivity index is 1.82. The average Bonchev–Trinajstić information content (AvgIpc) is 3.14. The molecule has 0 radical (unpaired) electrons. The van der Waals surface area contributed by atoms with Gasteiger partial charge in [-0.05, 0) is 37.3 Å². The largest absolute Gasteiger partial charge is 0.412 e. The second-order valence-corrected chi connectivity index (χ2v) is 7.50. The van der Waals surface area contributed by atoms with Crippen LogP contribution in [0.25, 0.3) is 16.9 Å². The summed E-state index contributed by atoms with van der Waals surface area (Å²) in [6.07, 6.45) is -1.18. The van der Waals surface area contributed by atoms with Crippen molar-refractivity contribution < 1.29 is 22.7 Å². The van der Waals surface area contributed by atoms with Crippen molar-refractivity contribution in [3.8, 4) is 11.7 Å². The number of halogens is 4. The summed E-state index contributed by atoms with van der Waals surface area (Å²) in [5, 5.41) is 7.52. The van der Waals surface area contributed by atoms with E-state index in [0.717, 1.165) is 6.07 Å². The Hall–Kier alpha value is -4.06. The molecular formula is C21H17ClF3N7O2. The van der Waals surface area contributed by atoms with Crippen LogP contribution in [0.1, 0.15) is 18.2 Å². The fraction of sp³-hybridized carbons (Fsp3) is 0.143.